The van der Waals surface area contributed by atoms with Crippen molar-refractivity contribution in [1.82, 2.24) is 0 Å². The number of ether oxygens (including phenoxy) is 3. The predicted molar refractivity (Wildman–Crippen MR) is 87.0 cm³/mol. The number of rotatable bonds is 4. The monoisotopic (exact) mass is 344 g/mol. The molecule has 3 rings (SSSR count). The molecule has 0 saturated carbocycles. The molecule has 0 aliphatic carbocycles. The number of carbonyl (C=O) groups is 1. The Morgan fingerprint density at radius 2 is 1.80 bits per heavy atom. The third-order valence-corrected chi connectivity index (χ3v) is 4.06. The molecular formula is C18H16O7. The summed E-state index contributed by atoms with van der Waals surface area (Å²) in [5, 5.41) is 20.6. The molecule has 130 valence electrons. The second-order valence-electron chi connectivity index (χ2n) is 5.45. The van der Waals surface area contributed by atoms with Gasteiger partial charge in [0.05, 0.1) is 14.2 Å². The van der Waals surface area contributed by atoms with Crippen molar-refractivity contribution in [2.24, 2.45) is 0 Å². The maximum atomic E-state index is 12.1. The van der Waals surface area contributed by atoms with E-state index >= 15 is 0 Å². The minimum Gasteiger partial charge on any atom is -0.504 e. The molecule has 0 fully saturated rings. The summed E-state index contributed by atoms with van der Waals surface area (Å²) in [7, 11) is 2.96. The van der Waals surface area contributed by atoms with E-state index in [0.717, 1.165) is 6.07 Å². The van der Waals surface area contributed by atoms with Crippen LogP contribution in [-0.4, -0.2) is 30.4 Å². The van der Waals surface area contributed by atoms with E-state index in [2.05, 4.69) is 0 Å². The van der Waals surface area contributed by atoms with Gasteiger partial charge in [-0.2, -0.15) is 0 Å². The number of methoxy groups -OCH3 is 2. The maximum absolute atomic E-state index is 12.1. The highest BCUT2D eigenvalue weighted by Crippen LogP contribution is 2.42. The Morgan fingerprint density at radius 3 is 2.48 bits per heavy atom. The van der Waals surface area contributed by atoms with Crippen LogP contribution in [-0.2, 0) is 4.74 Å². The lowest BCUT2D eigenvalue weighted by Crippen LogP contribution is -2.11. The summed E-state index contributed by atoms with van der Waals surface area (Å²) in [6.07, 6.45) is -2.28. The third-order valence-electron chi connectivity index (χ3n) is 4.06. The molecule has 7 heteroatoms. The fourth-order valence-corrected chi connectivity index (χ4v) is 2.80. The van der Waals surface area contributed by atoms with E-state index in [4.69, 9.17) is 14.2 Å². The first kappa shape index (κ1) is 16.8. The summed E-state index contributed by atoms with van der Waals surface area (Å²) in [4.78, 5) is 23.7. The highest BCUT2D eigenvalue weighted by atomic mass is 16.6. The van der Waals surface area contributed by atoms with Gasteiger partial charge >= 0.3 is 5.97 Å². The second kappa shape index (κ2) is 6.45. The molecule has 0 bridgehead atoms. The molecule has 7 nitrogen and oxygen atoms in total. The van der Waals surface area contributed by atoms with E-state index in [9.17, 15) is 19.8 Å². The normalized spacial score (nSPS) is 16.8. The number of hydrogen-bond donors (Lipinski definition) is 2. The van der Waals surface area contributed by atoms with Crippen LogP contribution in [0.4, 0.5) is 0 Å². The highest BCUT2D eigenvalue weighted by Gasteiger charge is 2.39. The summed E-state index contributed by atoms with van der Waals surface area (Å²) in [6, 6.07) is 8.80. The largest absolute Gasteiger partial charge is 0.504 e. The van der Waals surface area contributed by atoms with Crippen LogP contribution < -0.4 is 14.9 Å². The maximum Gasteiger partial charge on any atom is 0.343 e. The molecule has 0 spiro atoms. The van der Waals surface area contributed by atoms with Gasteiger partial charge in [0.2, 0.25) is 5.43 Å². The lowest BCUT2D eigenvalue weighted by molar-refractivity contribution is -0.0104. The van der Waals surface area contributed by atoms with Crippen molar-refractivity contribution in [2.75, 3.05) is 14.2 Å². The van der Waals surface area contributed by atoms with Crippen molar-refractivity contribution >= 4 is 5.97 Å². The molecule has 2 aromatic rings. The van der Waals surface area contributed by atoms with Crippen LogP contribution in [0.3, 0.4) is 0 Å². The number of hydrogen-bond acceptors (Lipinski definition) is 7. The zero-order valence-corrected chi connectivity index (χ0v) is 13.6. The molecule has 0 unspecified atom stereocenters. The van der Waals surface area contributed by atoms with Crippen LogP contribution in [0.25, 0.3) is 0 Å². The Kier molecular flexibility index (Phi) is 4.33. The van der Waals surface area contributed by atoms with Crippen molar-refractivity contribution in [2.45, 2.75) is 12.2 Å². The zero-order valence-electron chi connectivity index (χ0n) is 13.6. The molecule has 2 aromatic carbocycles. The molecule has 0 saturated heterocycles. The Balaban J connectivity index is 2.06. The molecule has 0 amide bonds. The number of fused-ring (bicyclic) bond motifs is 1. The molecular weight excluding hydrogens is 328 g/mol. The van der Waals surface area contributed by atoms with Crippen LogP contribution in [0, 0.1) is 0 Å². The number of aromatic hydroxyl groups is 1. The Hall–Kier alpha value is -3.06. The van der Waals surface area contributed by atoms with Gasteiger partial charge in [0.1, 0.15) is 11.7 Å². The number of esters is 1. The Labute approximate surface area is 143 Å². The SMILES string of the molecule is COc1ccc([C@H](O)[C@H]2OC(=O)c3c2cccc(=O)c3O)cc1OC. The van der Waals surface area contributed by atoms with E-state index in [1.807, 2.05) is 0 Å². The Bertz CT molecular complexity index is 891. The van der Waals surface area contributed by atoms with Crippen LogP contribution in [0.5, 0.6) is 17.2 Å². The number of cyclic esters (lactones) is 1. The van der Waals surface area contributed by atoms with Gasteiger partial charge in [-0.25, -0.2) is 4.79 Å². The van der Waals surface area contributed by atoms with Gasteiger partial charge in [0, 0.05) is 5.56 Å². The van der Waals surface area contributed by atoms with Gasteiger partial charge in [0.25, 0.3) is 0 Å². The van der Waals surface area contributed by atoms with Crippen molar-refractivity contribution in [3.05, 3.63) is 63.3 Å². The van der Waals surface area contributed by atoms with E-state index in [1.165, 1.54) is 26.4 Å². The second-order valence-corrected chi connectivity index (χ2v) is 5.45. The molecule has 2 N–H and O–H groups in total. The topological polar surface area (TPSA) is 102 Å². The molecule has 0 radical (unpaired) electrons. The molecule has 1 aliphatic rings. The van der Waals surface area contributed by atoms with Crippen molar-refractivity contribution in [3.8, 4) is 17.2 Å². The fourth-order valence-electron chi connectivity index (χ4n) is 2.80. The minimum absolute atomic E-state index is 0.223. The molecule has 0 aromatic heterocycles. The summed E-state index contributed by atoms with van der Waals surface area (Å²) < 4.78 is 15.6. The number of aliphatic hydroxyl groups excluding tert-OH is 1. The van der Waals surface area contributed by atoms with Crippen molar-refractivity contribution < 1.29 is 29.2 Å². The summed E-state index contributed by atoms with van der Waals surface area (Å²) in [5.41, 5.74) is -0.248. The quantitative estimate of drug-likeness (QED) is 0.814. The first-order chi connectivity index (χ1) is 12.0. The van der Waals surface area contributed by atoms with Gasteiger partial charge in [-0.1, -0.05) is 18.2 Å². The summed E-state index contributed by atoms with van der Waals surface area (Å²) in [5.74, 6) is -0.647. The van der Waals surface area contributed by atoms with E-state index < -0.39 is 29.4 Å². The van der Waals surface area contributed by atoms with E-state index in [1.54, 1.807) is 18.2 Å². The Morgan fingerprint density at radius 1 is 1.08 bits per heavy atom. The average molecular weight is 344 g/mol. The van der Waals surface area contributed by atoms with Gasteiger partial charge in [0.15, 0.2) is 23.4 Å². The van der Waals surface area contributed by atoms with Crippen LogP contribution in [0.15, 0.2) is 41.2 Å². The number of benzene rings is 1. The average Bonchev–Trinajstić information content (AvgIpc) is 2.87. The number of aliphatic hydroxyl groups is 1. The van der Waals surface area contributed by atoms with Crippen LogP contribution in [0.2, 0.25) is 0 Å². The molecule has 1 aliphatic heterocycles. The predicted octanol–water partition coefficient (Wildman–Crippen LogP) is 1.71. The van der Waals surface area contributed by atoms with Gasteiger partial charge in [-0.05, 0) is 23.8 Å². The fraction of sp³-hybridized carbons (Fsp3) is 0.222. The van der Waals surface area contributed by atoms with Crippen LogP contribution in [0.1, 0.15) is 33.7 Å². The lowest BCUT2D eigenvalue weighted by atomic mass is 9.97. The third kappa shape index (κ3) is 2.78. The molecule has 2 atom stereocenters. The first-order valence-corrected chi connectivity index (χ1v) is 7.45. The summed E-state index contributed by atoms with van der Waals surface area (Å²) >= 11 is 0. The van der Waals surface area contributed by atoms with Gasteiger partial charge in [-0.15, -0.1) is 0 Å². The van der Waals surface area contributed by atoms with Crippen molar-refractivity contribution in [1.29, 1.82) is 0 Å². The lowest BCUT2D eigenvalue weighted by Gasteiger charge is -2.19. The van der Waals surface area contributed by atoms with E-state index in [-0.39, 0.29) is 11.1 Å². The van der Waals surface area contributed by atoms with Gasteiger partial charge in [-0.3, -0.25) is 4.79 Å². The summed E-state index contributed by atoms with van der Waals surface area (Å²) in [6.45, 7) is 0. The first-order valence-electron chi connectivity index (χ1n) is 7.45. The minimum atomic E-state index is -1.22. The smallest absolute Gasteiger partial charge is 0.343 e. The zero-order chi connectivity index (χ0) is 18.1. The van der Waals surface area contributed by atoms with Gasteiger partial charge < -0.3 is 24.4 Å². The highest BCUT2D eigenvalue weighted by molar-refractivity contribution is 5.96. The van der Waals surface area contributed by atoms with Crippen LogP contribution >= 0.6 is 0 Å². The number of carbonyl (C=O) groups excluding carboxylic acids is 1. The molecule has 1 heterocycles. The van der Waals surface area contributed by atoms with E-state index in [0.29, 0.717) is 17.1 Å². The van der Waals surface area contributed by atoms with Crippen molar-refractivity contribution in [3.63, 3.8) is 0 Å². The standard InChI is InChI=1S/C18H16O7/c1-23-12-7-6-9(8-13(12)24-2)15(20)17-10-4-3-5-11(19)16(21)14(10)18(22)25-17/h3-8,15,17,20H,1-2H3,(H,19,21)/t15-,17-/m0/s1. The molecule has 25 heavy (non-hydrogen) atoms.